The molecule has 0 amide bonds. The number of hydrogen-bond donors (Lipinski definition) is 1. The molecule has 0 saturated carbocycles. The third-order valence-corrected chi connectivity index (χ3v) is 8.54. The second-order valence-corrected chi connectivity index (χ2v) is 12.6. The average molecular weight is 839 g/mol. The van der Waals surface area contributed by atoms with Crippen LogP contribution in [0.2, 0.25) is 0 Å². The topological polar surface area (TPSA) is 63.1 Å². The SMILES string of the molecule is CCC(CC)C(=O)/C=C(\O)C(CC)CC.[2H]c1cc2cc3c(-c4[c-]c5c([2H])c([2H])c([2H])cc5c(C(C)(C)C)c4)ncnc3c(C(F)(F)F)c2cc1[2H].[Ir]. The van der Waals surface area contributed by atoms with E-state index in [1.165, 1.54) is 24.3 Å². The van der Waals surface area contributed by atoms with Crippen LogP contribution in [0, 0.1) is 17.9 Å². The molecule has 0 aliphatic heterocycles. The molecule has 1 radical (unpaired) electrons. The zero-order valence-electron chi connectivity index (χ0n) is 33.2. The number of allylic oxidation sites excluding steroid dienone is 2. The van der Waals surface area contributed by atoms with E-state index in [0.717, 1.165) is 43.6 Å². The van der Waals surface area contributed by atoms with Crippen molar-refractivity contribution in [2.24, 2.45) is 11.8 Å². The molecule has 4 nitrogen and oxygen atoms in total. The summed E-state index contributed by atoms with van der Waals surface area (Å²) in [6.07, 6.45) is 1.16. The maximum atomic E-state index is 14.3. The molecule has 0 aliphatic carbocycles. The van der Waals surface area contributed by atoms with E-state index < -0.39 is 17.2 Å². The van der Waals surface area contributed by atoms with E-state index >= 15 is 0 Å². The summed E-state index contributed by atoms with van der Waals surface area (Å²) in [6.45, 7) is 13.9. The molecule has 4 aromatic carbocycles. The first-order valence-corrected chi connectivity index (χ1v) is 16.0. The summed E-state index contributed by atoms with van der Waals surface area (Å²) in [6, 6.07) is 8.96. The summed E-state index contributed by atoms with van der Waals surface area (Å²) in [4.78, 5) is 20.0. The Hall–Kier alpha value is -3.61. The molecule has 8 heteroatoms. The summed E-state index contributed by atoms with van der Waals surface area (Å²) >= 11 is 0. The van der Waals surface area contributed by atoms with Gasteiger partial charge in [0.05, 0.1) is 22.3 Å². The molecule has 48 heavy (non-hydrogen) atoms. The van der Waals surface area contributed by atoms with Gasteiger partial charge in [-0.15, -0.1) is 29.1 Å². The predicted octanol–water partition coefficient (Wildman–Crippen LogP) is 11.6. The van der Waals surface area contributed by atoms with Gasteiger partial charge in [-0.1, -0.05) is 108 Å². The minimum absolute atomic E-state index is 0. The van der Waals surface area contributed by atoms with Gasteiger partial charge in [0.1, 0.15) is 6.33 Å². The van der Waals surface area contributed by atoms with Crippen molar-refractivity contribution in [3.05, 3.63) is 95.9 Å². The number of halogens is 3. The van der Waals surface area contributed by atoms with Crippen molar-refractivity contribution in [2.75, 3.05) is 0 Å². The second-order valence-electron chi connectivity index (χ2n) is 12.6. The van der Waals surface area contributed by atoms with E-state index in [-0.39, 0.29) is 106 Å². The number of carbonyl (C=O) groups is 1. The van der Waals surface area contributed by atoms with E-state index in [2.05, 4.69) is 16.0 Å². The first kappa shape index (κ1) is 31.6. The normalized spacial score (nSPS) is 13.8. The first-order chi connectivity index (χ1) is 24.3. The fourth-order valence-electron chi connectivity index (χ4n) is 5.82. The van der Waals surface area contributed by atoms with Crippen LogP contribution in [0.15, 0.2) is 78.7 Å². The molecule has 1 N–H and O–H groups in total. The number of ketones is 1. The van der Waals surface area contributed by atoms with Crippen molar-refractivity contribution in [3.63, 3.8) is 0 Å². The van der Waals surface area contributed by atoms with Crippen molar-refractivity contribution < 1.29 is 50.0 Å². The van der Waals surface area contributed by atoms with Crippen LogP contribution in [-0.4, -0.2) is 20.9 Å². The Morgan fingerprint density at radius 2 is 1.50 bits per heavy atom. The third kappa shape index (κ3) is 8.51. The first-order valence-electron chi connectivity index (χ1n) is 18.5. The predicted molar refractivity (Wildman–Crippen MR) is 186 cm³/mol. The summed E-state index contributed by atoms with van der Waals surface area (Å²) in [5.41, 5.74) is -0.612. The van der Waals surface area contributed by atoms with Crippen LogP contribution in [0.1, 0.15) is 92.1 Å². The number of fused-ring (bicyclic) bond motifs is 3. The minimum Gasteiger partial charge on any atom is -0.512 e. The smallest absolute Gasteiger partial charge is 0.419 e. The van der Waals surface area contributed by atoms with Gasteiger partial charge in [0.2, 0.25) is 0 Å². The van der Waals surface area contributed by atoms with Gasteiger partial charge in [-0.2, -0.15) is 13.2 Å². The van der Waals surface area contributed by atoms with Crippen molar-refractivity contribution in [3.8, 4) is 11.3 Å². The third-order valence-electron chi connectivity index (χ3n) is 8.54. The molecule has 0 aliphatic rings. The monoisotopic (exact) mass is 839 g/mol. The van der Waals surface area contributed by atoms with Crippen LogP contribution >= 0.6 is 0 Å². The molecule has 0 fully saturated rings. The van der Waals surface area contributed by atoms with Gasteiger partial charge in [-0.05, 0) is 47.3 Å². The summed E-state index contributed by atoms with van der Waals surface area (Å²) in [7, 11) is 0. The molecule has 1 heterocycles. The Bertz CT molecular complexity index is 2180. The largest absolute Gasteiger partial charge is 0.512 e. The van der Waals surface area contributed by atoms with Crippen LogP contribution in [0.25, 0.3) is 43.7 Å². The Morgan fingerprint density at radius 3 is 2.10 bits per heavy atom. The fraction of sp³-hybridized carbons (Fsp3) is 0.375. The Morgan fingerprint density at radius 1 is 0.896 bits per heavy atom. The number of nitrogens with zero attached hydrogens (tertiary/aromatic N) is 2. The van der Waals surface area contributed by atoms with Crippen LogP contribution in [-0.2, 0) is 36.5 Å². The van der Waals surface area contributed by atoms with Crippen LogP contribution in [0.5, 0.6) is 0 Å². The van der Waals surface area contributed by atoms with Gasteiger partial charge in [-0.3, -0.25) is 9.78 Å². The number of alkyl halides is 3. The van der Waals surface area contributed by atoms with E-state index in [1.54, 1.807) is 6.07 Å². The number of aliphatic hydroxyl groups excluding tert-OH is 1. The van der Waals surface area contributed by atoms with Gasteiger partial charge in [-0.25, -0.2) is 4.98 Å². The molecule has 0 unspecified atom stereocenters. The second kappa shape index (κ2) is 16.2. The maximum Gasteiger partial charge on any atom is 0.419 e. The Balaban J connectivity index is 0.000000403. The maximum absolute atomic E-state index is 14.3. The van der Waals surface area contributed by atoms with E-state index in [9.17, 15) is 23.1 Å². The average Bonchev–Trinajstić information content (AvgIpc) is 3.06. The molecular weight excluding hydrogens is 790 g/mol. The number of aromatic nitrogens is 2. The molecule has 0 bridgehead atoms. The molecule has 0 saturated heterocycles. The zero-order chi connectivity index (χ0) is 38.9. The standard InChI is InChI=1S/C27H20F3N2.C13H24O2.Ir/c1-26(2,3)22-14-18(12-16-8-4-6-10-19(16)22)24-21-13-17-9-5-7-11-20(17)23(27(28,29)30)25(21)32-15-31-24;1-5-10(6-2)12(14)9-13(15)11(7-3)8-4;/h4-11,13-15H,1-3H3;9-11,14H,5-8H2,1-4H3;/q-1;;/b;12-9-;/i4D,5D,6D,7D,8D;;. The van der Waals surface area contributed by atoms with E-state index in [4.69, 9.17) is 6.85 Å². The van der Waals surface area contributed by atoms with Gasteiger partial charge >= 0.3 is 6.18 Å². The van der Waals surface area contributed by atoms with Crippen LogP contribution < -0.4 is 0 Å². The summed E-state index contributed by atoms with van der Waals surface area (Å²) in [5.74, 6) is 0.547. The zero-order valence-corrected chi connectivity index (χ0v) is 30.6. The minimum atomic E-state index is -4.79. The number of aliphatic hydroxyl groups is 1. The summed E-state index contributed by atoms with van der Waals surface area (Å²) < 4.78 is 83.5. The van der Waals surface area contributed by atoms with Crippen molar-refractivity contribution in [1.82, 2.24) is 9.97 Å². The number of carbonyl (C=O) groups excluding carboxylic acids is 1. The molecule has 1 aromatic heterocycles. The van der Waals surface area contributed by atoms with Gasteiger partial charge in [0.25, 0.3) is 0 Å². The number of hydrogen-bond acceptors (Lipinski definition) is 4. The molecule has 0 atom stereocenters. The van der Waals surface area contributed by atoms with Crippen molar-refractivity contribution >= 4 is 38.2 Å². The summed E-state index contributed by atoms with van der Waals surface area (Å²) in [5, 5.41) is 10.6. The Kier molecular flexibility index (Phi) is 10.7. The van der Waals surface area contributed by atoms with Crippen LogP contribution in [0.4, 0.5) is 13.2 Å². The van der Waals surface area contributed by atoms with Gasteiger partial charge in [0.15, 0.2) is 5.78 Å². The van der Waals surface area contributed by atoms with Crippen LogP contribution in [0.3, 0.4) is 0 Å². The quantitative estimate of drug-likeness (QED) is 0.0732. The van der Waals surface area contributed by atoms with Crippen molar-refractivity contribution in [1.29, 1.82) is 0 Å². The van der Waals surface area contributed by atoms with E-state index in [1.807, 2.05) is 48.5 Å². The van der Waals surface area contributed by atoms with E-state index in [0.29, 0.717) is 10.9 Å². The molecule has 257 valence electrons. The molecular formula is C40H44F3IrN2O2-. The fourth-order valence-corrected chi connectivity index (χ4v) is 5.82. The van der Waals surface area contributed by atoms with Gasteiger partial charge in [0, 0.05) is 45.1 Å². The van der Waals surface area contributed by atoms with Crippen molar-refractivity contribution in [2.45, 2.75) is 85.7 Å². The number of benzene rings is 4. The molecule has 5 aromatic rings. The van der Waals surface area contributed by atoms with Gasteiger partial charge < -0.3 is 5.11 Å². The number of rotatable bonds is 8. The Labute approximate surface area is 302 Å². The molecule has 0 spiro atoms. The molecule has 5 rings (SSSR count).